The van der Waals surface area contributed by atoms with E-state index < -0.39 is 26.1 Å². The molecule has 1 unspecified atom stereocenters. The lowest BCUT2D eigenvalue weighted by molar-refractivity contribution is 0.180. The first-order valence-corrected chi connectivity index (χ1v) is 11.8. The summed E-state index contributed by atoms with van der Waals surface area (Å²) in [6, 6.07) is 9.71. The van der Waals surface area contributed by atoms with Crippen molar-refractivity contribution in [1.82, 2.24) is 13.5 Å². The molecule has 12 heteroatoms. The fourth-order valence-corrected chi connectivity index (χ4v) is 5.58. The summed E-state index contributed by atoms with van der Waals surface area (Å²) in [7, 11) is -6.17. The second kappa shape index (κ2) is 8.09. The van der Waals surface area contributed by atoms with Gasteiger partial charge < -0.3 is 4.74 Å². The molecule has 1 heterocycles. The quantitative estimate of drug-likeness (QED) is 0.544. The van der Waals surface area contributed by atoms with Crippen LogP contribution in [0.1, 0.15) is 6.92 Å². The number of hydrogen-bond donors (Lipinski definition) is 2. The van der Waals surface area contributed by atoms with Crippen LogP contribution in [-0.2, 0) is 24.8 Å². The maximum absolute atomic E-state index is 12.7. The number of aromatic nitrogens is 2. The standard InChI is InChI=1S/C16H18N4O5S3/c1-11(10-25-2)19-27(21,22)13-8-6-12(7-9-13)20-28(23,24)15-5-3-4-14-16(15)18-26-17-14/h3-9,11,19-20H,10H2,1-2H3. The number of hydrogen-bond acceptors (Lipinski definition) is 8. The molecular weight excluding hydrogens is 424 g/mol. The van der Waals surface area contributed by atoms with E-state index in [1.807, 2.05) is 0 Å². The van der Waals surface area contributed by atoms with E-state index in [4.69, 9.17) is 4.74 Å². The maximum atomic E-state index is 12.7. The molecule has 2 N–H and O–H groups in total. The molecule has 3 aromatic rings. The fraction of sp³-hybridized carbons (Fsp3) is 0.250. The van der Waals surface area contributed by atoms with Gasteiger partial charge in [0.1, 0.15) is 15.9 Å². The summed E-state index contributed by atoms with van der Waals surface area (Å²) in [4.78, 5) is 0.0229. The number of fused-ring (bicyclic) bond motifs is 1. The molecule has 0 aliphatic rings. The molecule has 150 valence electrons. The van der Waals surface area contributed by atoms with Gasteiger partial charge in [-0.2, -0.15) is 8.75 Å². The van der Waals surface area contributed by atoms with Crippen molar-refractivity contribution in [2.24, 2.45) is 0 Å². The van der Waals surface area contributed by atoms with Crippen molar-refractivity contribution in [3.63, 3.8) is 0 Å². The predicted molar refractivity (Wildman–Crippen MR) is 106 cm³/mol. The van der Waals surface area contributed by atoms with Gasteiger partial charge >= 0.3 is 0 Å². The summed E-state index contributed by atoms with van der Waals surface area (Å²) in [6.45, 7) is 1.91. The molecule has 0 saturated carbocycles. The van der Waals surface area contributed by atoms with Gasteiger partial charge in [-0.25, -0.2) is 21.6 Å². The Kier molecular flexibility index (Phi) is 5.95. The third-order valence-electron chi connectivity index (χ3n) is 3.73. The van der Waals surface area contributed by atoms with Gasteiger partial charge in [0.25, 0.3) is 10.0 Å². The molecule has 1 aromatic heterocycles. The zero-order valence-corrected chi connectivity index (χ0v) is 17.4. The average molecular weight is 443 g/mol. The van der Waals surface area contributed by atoms with Crippen LogP contribution in [0.3, 0.4) is 0 Å². The third-order valence-corrected chi connectivity index (χ3v) is 7.29. The van der Waals surface area contributed by atoms with Crippen molar-refractivity contribution >= 4 is 48.5 Å². The van der Waals surface area contributed by atoms with E-state index in [-0.39, 0.29) is 27.6 Å². The van der Waals surface area contributed by atoms with Crippen LogP contribution in [0.25, 0.3) is 11.0 Å². The van der Waals surface area contributed by atoms with E-state index in [9.17, 15) is 16.8 Å². The number of nitrogens with one attached hydrogen (secondary N) is 2. The molecule has 0 spiro atoms. The normalized spacial score (nSPS) is 13.5. The first kappa shape index (κ1) is 20.6. The molecule has 0 radical (unpaired) electrons. The van der Waals surface area contributed by atoms with Crippen molar-refractivity contribution in [1.29, 1.82) is 0 Å². The number of ether oxygens (including phenoxy) is 1. The highest BCUT2D eigenvalue weighted by Gasteiger charge is 2.21. The Balaban J connectivity index is 1.81. The van der Waals surface area contributed by atoms with E-state index in [0.717, 1.165) is 11.7 Å². The van der Waals surface area contributed by atoms with E-state index in [1.54, 1.807) is 19.1 Å². The first-order valence-electron chi connectivity index (χ1n) is 8.08. The number of benzene rings is 2. The highest BCUT2D eigenvalue weighted by atomic mass is 32.2. The molecule has 0 fully saturated rings. The van der Waals surface area contributed by atoms with Crippen molar-refractivity contribution in [3.8, 4) is 0 Å². The molecule has 0 aliphatic heterocycles. The number of nitrogens with zero attached hydrogens (tertiary/aromatic N) is 2. The summed E-state index contributed by atoms with van der Waals surface area (Å²) in [5, 5.41) is 0. The van der Waals surface area contributed by atoms with Gasteiger partial charge in [-0.3, -0.25) is 4.72 Å². The molecule has 0 saturated heterocycles. The van der Waals surface area contributed by atoms with Crippen LogP contribution in [0.5, 0.6) is 0 Å². The van der Waals surface area contributed by atoms with Gasteiger partial charge in [-0.05, 0) is 43.3 Å². The Bertz CT molecular complexity index is 1170. The lowest BCUT2D eigenvalue weighted by Gasteiger charge is -2.14. The summed E-state index contributed by atoms with van der Waals surface area (Å²) < 4.78 is 67.9. The van der Waals surface area contributed by atoms with Gasteiger partial charge in [0.2, 0.25) is 10.0 Å². The SMILES string of the molecule is COCC(C)NS(=O)(=O)c1ccc(NS(=O)(=O)c2cccc3nsnc23)cc1. The van der Waals surface area contributed by atoms with Crippen LogP contribution in [-0.4, -0.2) is 45.3 Å². The molecule has 3 rings (SSSR count). The Morgan fingerprint density at radius 2 is 1.75 bits per heavy atom. The summed E-state index contributed by atoms with van der Waals surface area (Å²) in [6.07, 6.45) is 0. The zero-order valence-electron chi connectivity index (χ0n) is 15.0. The molecule has 28 heavy (non-hydrogen) atoms. The fourth-order valence-electron chi connectivity index (χ4n) is 2.53. The molecule has 0 amide bonds. The molecule has 1 atom stereocenters. The summed E-state index contributed by atoms with van der Waals surface area (Å²) >= 11 is 0.927. The van der Waals surface area contributed by atoms with Crippen molar-refractivity contribution < 1.29 is 21.6 Å². The maximum Gasteiger partial charge on any atom is 0.264 e. The van der Waals surface area contributed by atoms with Crippen LogP contribution < -0.4 is 9.44 Å². The zero-order chi connectivity index (χ0) is 20.4. The van der Waals surface area contributed by atoms with Crippen LogP contribution in [0, 0.1) is 0 Å². The van der Waals surface area contributed by atoms with Gasteiger partial charge in [0.05, 0.1) is 23.2 Å². The third kappa shape index (κ3) is 4.47. The van der Waals surface area contributed by atoms with Crippen molar-refractivity contribution in [2.75, 3.05) is 18.4 Å². The monoisotopic (exact) mass is 442 g/mol. The van der Waals surface area contributed by atoms with Crippen molar-refractivity contribution in [2.45, 2.75) is 22.8 Å². The van der Waals surface area contributed by atoms with Gasteiger partial charge in [-0.15, -0.1) is 0 Å². The van der Waals surface area contributed by atoms with Gasteiger partial charge in [0, 0.05) is 18.8 Å². The van der Waals surface area contributed by atoms with E-state index in [1.165, 1.54) is 37.4 Å². The topological polar surface area (TPSA) is 127 Å². The molecular formula is C16H18N4O5S3. The molecule has 9 nitrogen and oxygen atoms in total. The van der Waals surface area contributed by atoms with Gasteiger partial charge in [0.15, 0.2) is 0 Å². The first-order chi connectivity index (χ1) is 13.2. The van der Waals surface area contributed by atoms with Crippen LogP contribution >= 0.6 is 11.7 Å². The second-order valence-electron chi connectivity index (χ2n) is 6.00. The summed E-state index contributed by atoms with van der Waals surface area (Å²) in [5.74, 6) is 0. The molecule has 0 bridgehead atoms. The van der Waals surface area contributed by atoms with Crippen LogP contribution in [0.2, 0.25) is 0 Å². The molecule has 0 aliphatic carbocycles. The highest BCUT2D eigenvalue weighted by Crippen LogP contribution is 2.24. The van der Waals surface area contributed by atoms with E-state index >= 15 is 0 Å². The second-order valence-corrected chi connectivity index (χ2v) is 9.89. The lowest BCUT2D eigenvalue weighted by atomic mass is 10.3. The number of rotatable bonds is 8. The smallest absolute Gasteiger partial charge is 0.264 e. The van der Waals surface area contributed by atoms with Crippen molar-refractivity contribution in [3.05, 3.63) is 42.5 Å². The largest absolute Gasteiger partial charge is 0.383 e. The van der Waals surface area contributed by atoms with Crippen LogP contribution in [0.4, 0.5) is 5.69 Å². The number of methoxy groups -OCH3 is 1. The average Bonchev–Trinajstić information content (AvgIpc) is 3.10. The van der Waals surface area contributed by atoms with Crippen LogP contribution in [0.15, 0.2) is 52.3 Å². The number of anilines is 1. The Labute approximate surface area is 167 Å². The molecule has 2 aromatic carbocycles. The highest BCUT2D eigenvalue weighted by molar-refractivity contribution is 7.93. The lowest BCUT2D eigenvalue weighted by Crippen LogP contribution is -2.35. The van der Waals surface area contributed by atoms with Gasteiger partial charge in [-0.1, -0.05) is 6.07 Å². The Hall–Kier alpha value is -2.12. The minimum Gasteiger partial charge on any atom is -0.383 e. The minimum atomic E-state index is -3.91. The Morgan fingerprint density at radius 3 is 2.43 bits per heavy atom. The summed E-state index contributed by atoms with van der Waals surface area (Å²) in [5.41, 5.74) is 1.00. The minimum absolute atomic E-state index is 0.00510. The number of sulfonamides is 2. The Morgan fingerprint density at radius 1 is 1.04 bits per heavy atom. The van der Waals surface area contributed by atoms with E-state index in [2.05, 4.69) is 18.2 Å². The predicted octanol–water partition coefficient (Wildman–Crippen LogP) is 1.81. The van der Waals surface area contributed by atoms with E-state index in [0.29, 0.717) is 5.52 Å².